The van der Waals surface area contributed by atoms with Gasteiger partial charge in [-0.15, -0.1) is 0 Å². The van der Waals surface area contributed by atoms with Gasteiger partial charge < -0.3 is 40.3 Å². The number of rotatable bonds is 49. The number of carbonyl (C=O) groups excluding carboxylic acids is 1. The van der Waals surface area contributed by atoms with E-state index in [9.17, 15) is 30.3 Å². The molecule has 7 unspecified atom stereocenters. The first kappa shape index (κ1) is 67.1. The zero-order valence-corrected chi connectivity index (χ0v) is 45.9. The van der Waals surface area contributed by atoms with E-state index in [2.05, 4.69) is 104 Å². The highest BCUT2D eigenvalue weighted by Crippen LogP contribution is 2.23. The molecule has 0 aromatic rings. The summed E-state index contributed by atoms with van der Waals surface area (Å²) in [6.45, 7) is 3.65. The van der Waals surface area contributed by atoms with Gasteiger partial charge in [0.2, 0.25) is 5.91 Å². The number of unbranched alkanes of at least 4 members (excludes halogenated alkanes) is 25. The van der Waals surface area contributed by atoms with Gasteiger partial charge in [-0.1, -0.05) is 252 Å². The van der Waals surface area contributed by atoms with Crippen LogP contribution in [0.15, 0.2) is 97.2 Å². The molecule has 1 fully saturated rings. The maximum Gasteiger partial charge on any atom is 0.220 e. The predicted molar refractivity (Wildman–Crippen MR) is 304 cm³/mol. The molecule has 0 spiro atoms. The van der Waals surface area contributed by atoms with E-state index in [4.69, 9.17) is 9.47 Å². The zero-order chi connectivity index (χ0) is 52.2. The van der Waals surface area contributed by atoms with Crippen molar-refractivity contribution in [3.63, 3.8) is 0 Å². The molecule has 0 aromatic carbocycles. The van der Waals surface area contributed by atoms with Gasteiger partial charge in [-0.3, -0.25) is 4.79 Å². The van der Waals surface area contributed by atoms with Crippen molar-refractivity contribution in [3.05, 3.63) is 97.2 Å². The lowest BCUT2D eigenvalue weighted by atomic mass is 9.99. The van der Waals surface area contributed by atoms with Gasteiger partial charge in [-0.05, 0) is 77.0 Å². The fraction of sp³-hybridized carbons (Fsp3) is 0.730. The molecule has 0 saturated carbocycles. The average Bonchev–Trinajstić information content (AvgIpc) is 3.38. The Hall–Kier alpha value is -2.89. The number of aliphatic hydroxyl groups is 5. The van der Waals surface area contributed by atoms with Gasteiger partial charge in [0.05, 0.1) is 25.4 Å². The number of allylic oxidation sites excluding steroid dienone is 15. The van der Waals surface area contributed by atoms with Gasteiger partial charge in [-0.25, -0.2) is 0 Å². The lowest BCUT2D eigenvalue weighted by molar-refractivity contribution is -0.302. The molecule has 414 valence electrons. The molecule has 1 aliphatic heterocycles. The van der Waals surface area contributed by atoms with E-state index in [0.29, 0.717) is 6.42 Å². The van der Waals surface area contributed by atoms with Crippen LogP contribution in [-0.2, 0) is 14.3 Å². The molecule has 0 aliphatic carbocycles. The second-order valence-electron chi connectivity index (χ2n) is 20.1. The Balaban J connectivity index is 2.11. The number of hydrogen-bond acceptors (Lipinski definition) is 8. The van der Waals surface area contributed by atoms with Crippen LogP contribution in [0.3, 0.4) is 0 Å². The van der Waals surface area contributed by atoms with Crippen molar-refractivity contribution >= 4 is 5.91 Å². The molecule has 0 bridgehead atoms. The Bertz CT molecular complexity index is 1450. The first-order valence-corrected chi connectivity index (χ1v) is 29.5. The Morgan fingerprint density at radius 3 is 1.28 bits per heavy atom. The number of nitrogens with one attached hydrogen (secondary N) is 1. The van der Waals surface area contributed by atoms with Crippen molar-refractivity contribution in [2.45, 2.75) is 281 Å². The molecule has 1 rings (SSSR count). The maximum absolute atomic E-state index is 13.0. The Morgan fingerprint density at radius 2 is 0.861 bits per heavy atom. The Labute approximate surface area is 441 Å². The van der Waals surface area contributed by atoms with E-state index in [-0.39, 0.29) is 12.5 Å². The van der Waals surface area contributed by atoms with Crippen LogP contribution in [0.25, 0.3) is 0 Å². The smallest absolute Gasteiger partial charge is 0.220 e. The maximum atomic E-state index is 13.0. The lowest BCUT2D eigenvalue weighted by Gasteiger charge is -2.40. The van der Waals surface area contributed by atoms with Crippen LogP contribution in [0.5, 0.6) is 0 Å². The molecule has 6 N–H and O–H groups in total. The van der Waals surface area contributed by atoms with Gasteiger partial charge >= 0.3 is 0 Å². The number of ether oxygens (including phenoxy) is 2. The van der Waals surface area contributed by atoms with Crippen LogP contribution < -0.4 is 5.32 Å². The summed E-state index contributed by atoms with van der Waals surface area (Å²) in [6, 6.07) is -0.808. The second-order valence-corrected chi connectivity index (χ2v) is 20.1. The number of carbonyl (C=O) groups is 1. The fourth-order valence-electron chi connectivity index (χ4n) is 8.78. The largest absolute Gasteiger partial charge is 0.394 e. The number of hydrogen-bond donors (Lipinski definition) is 6. The van der Waals surface area contributed by atoms with E-state index in [1.54, 1.807) is 6.08 Å². The third-order valence-electron chi connectivity index (χ3n) is 13.4. The van der Waals surface area contributed by atoms with Gasteiger partial charge in [0.25, 0.3) is 0 Å². The molecule has 0 radical (unpaired) electrons. The van der Waals surface area contributed by atoms with Crippen molar-refractivity contribution in [2.75, 3.05) is 13.2 Å². The first-order valence-electron chi connectivity index (χ1n) is 29.5. The number of amides is 1. The highest BCUT2D eigenvalue weighted by Gasteiger charge is 2.44. The topological polar surface area (TPSA) is 149 Å². The first-order chi connectivity index (χ1) is 35.3. The molecular formula is C63H109NO8. The summed E-state index contributed by atoms with van der Waals surface area (Å²) >= 11 is 0. The molecule has 1 aliphatic rings. The van der Waals surface area contributed by atoms with Gasteiger partial charge in [0, 0.05) is 6.42 Å². The average molecular weight is 1010 g/mol. The third kappa shape index (κ3) is 40.5. The van der Waals surface area contributed by atoms with Crippen molar-refractivity contribution in [3.8, 4) is 0 Å². The van der Waals surface area contributed by atoms with Crippen LogP contribution in [0.1, 0.15) is 239 Å². The van der Waals surface area contributed by atoms with Gasteiger partial charge in [-0.2, -0.15) is 0 Å². The molecule has 7 atom stereocenters. The SMILES string of the molecule is CC/C=C\C/C=C\C/C=C\C/C=C\C/C=C\C/C=C\C/C=C\CCCCCCCCCCCCCCCCCC(=O)NC(COC1OC(CO)C(O)C(O)C1O)C(O)/C=C/CCCCCCCCCCCC. The second kappa shape index (κ2) is 51.6. The van der Waals surface area contributed by atoms with Crippen LogP contribution >= 0.6 is 0 Å². The van der Waals surface area contributed by atoms with Crippen molar-refractivity contribution < 1.29 is 39.8 Å². The summed E-state index contributed by atoms with van der Waals surface area (Å²) in [7, 11) is 0. The fourth-order valence-corrected chi connectivity index (χ4v) is 8.78. The van der Waals surface area contributed by atoms with Crippen LogP contribution in [0, 0.1) is 0 Å². The number of aliphatic hydroxyl groups excluding tert-OH is 5. The molecule has 1 heterocycles. The Morgan fingerprint density at radius 1 is 0.486 bits per heavy atom. The minimum atomic E-state index is -1.57. The van der Waals surface area contributed by atoms with Crippen molar-refractivity contribution in [1.29, 1.82) is 0 Å². The molecule has 9 heteroatoms. The van der Waals surface area contributed by atoms with Crippen LogP contribution in [0.2, 0.25) is 0 Å². The normalized spacial score (nSPS) is 19.9. The zero-order valence-electron chi connectivity index (χ0n) is 45.9. The molecule has 9 nitrogen and oxygen atoms in total. The molecule has 1 saturated heterocycles. The minimum Gasteiger partial charge on any atom is -0.394 e. The molecule has 72 heavy (non-hydrogen) atoms. The summed E-state index contributed by atoms with van der Waals surface area (Å²) in [4.78, 5) is 13.0. The summed E-state index contributed by atoms with van der Waals surface area (Å²) < 4.78 is 11.2. The van der Waals surface area contributed by atoms with E-state index < -0.39 is 49.5 Å². The summed E-state index contributed by atoms with van der Waals surface area (Å²) in [6.07, 6.45) is 67.7. The molecule has 1 amide bonds. The highest BCUT2D eigenvalue weighted by molar-refractivity contribution is 5.76. The predicted octanol–water partition coefficient (Wildman–Crippen LogP) is 14.8. The van der Waals surface area contributed by atoms with Crippen molar-refractivity contribution in [2.24, 2.45) is 0 Å². The molecular weight excluding hydrogens is 899 g/mol. The molecule has 0 aromatic heterocycles. The van der Waals surface area contributed by atoms with Gasteiger partial charge in [0.1, 0.15) is 24.4 Å². The third-order valence-corrected chi connectivity index (χ3v) is 13.4. The summed E-state index contributed by atoms with van der Waals surface area (Å²) in [5.41, 5.74) is 0. The van der Waals surface area contributed by atoms with E-state index in [1.165, 1.54) is 135 Å². The van der Waals surface area contributed by atoms with E-state index in [1.807, 2.05) is 6.08 Å². The van der Waals surface area contributed by atoms with Crippen LogP contribution in [-0.4, -0.2) is 87.5 Å². The summed E-state index contributed by atoms with van der Waals surface area (Å²) in [5, 5.41) is 54.4. The minimum absolute atomic E-state index is 0.180. The quantitative estimate of drug-likeness (QED) is 0.0261. The van der Waals surface area contributed by atoms with Crippen molar-refractivity contribution in [1.82, 2.24) is 5.32 Å². The van der Waals surface area contributed by atoms with Crippen LogP contribution in [0.4, 0.5) is 0 Å². The Kier molecular flexibility index (Phi) is 48.1. The van der Waals surface area contributed by atoms with E-state index >= 15 is 0 Å². The van der Waals surface area contributed by atoms with E-state index in [0.717, 1.165) is 83.5 Å². The monoisotopic (exact) mass is 1010 g/mol. The summed E-state index contributed by atoms with van der Waals surface area (Å²) in [5.74, 6) is -0.180. The van der Waals surface area contributed by atoms with Gasteiger partial charge in [0.15, 0.2) is 6.29 Å². The lowest BCUT2D eigenvalue weighted by Crippen LogP contribution is -2.60. The highest BCUT2D eigenvalue weighted by atomic mass is 16.7. The standard InChI is InChI=1S/C63H109NO8/c1-3-5-7-9-11-13-15-17-18-19-20-21-22-23-24-25-26-27-28-29-30-31-32-33-34-35-36-37-38-39-40-41-43-45-47-49-51-53-59(67)64-56(55-71-63-62(70)61(69)60(68)58(54-65)72-63)57(66)52-50-48-46-44-42-16-14-12-10-8-6-4-2/h5,7,11,13,17-18,20-21,23-24,26-27,29-30,50,52,56-58,60-63,65-66,68-70H,3-4,6,8-10,12,14-16,19,22,25,28,31-49,51,53-55H2,1-2H3,(H,64,67)/b7-5-,13-11-,18-17-,21-20-,24-23-,27-26-,30-29-,52-50+.